The van der Waals surface area contributed by atoms with Crippen molar-refractivity contribution in [1.29, 1.82) is 0 Å². The number of rotatable bonds is 4. The maximum Gasteiger partial charge on any atom is 0.153 e. The summed E-state index contributed by atoms with van der Waals surface area (Å²) < 4.78 is 12.7. The zero-order valence-corrected chi connectivity index (χ0v) is 9.06. The highest BCUT2D eigenvalue weighted by Gasteiger charge is 2.01. The fraction of sp³-hybridized carbons (Fsp3) is 0.0769. The van der Waals surface area contributed by atoms with Crippen LogP contribution >= 0.6 is 0 Å². The van der Waals surface area contributed by atoms with Crippen LogP contribution in [0.3, 0.4) is 0 Å². The van der Waals surface area contributed by atoms with Crippen LogP contribution in [0.15, 0.2) is 42.6 Å². The molecule has 0 aliphatic heterocycles. The largest absolute Gasteiger partial charge is 0.365 e. The van der Waals surface area contributed by atoms with E-state index in [-0.39, 0.29) is 5.82 Å². The molecule has 0 radical (unpaired) electrons. The Morgan fingerprint density at radius 3 is 2.71 bits per heavy atom. The highest BCUT2D eigenvalue weighted by Crippen LogP contribution is 2.11. The third-order valence-electron chi connectivity index (χ3n) is 2.34. The topological polar surface area (TPSA) is 42.0 Å². The lowest BCUT2D eigenvalue weighted by atomic mass is 10.2. The second-order valence-electron chi connectivity index (χ2n) is 3.54. The fourth-order valence-electron chi connectivity index (χ4n) is 1.45. The number of aldehydes is 1. The summed E-state index contributed by atoms with van der Waals surface area (Å²) in [5.74, 6) is 0.270. The molecule has 2 aromatic rings. The molecule has 1 aromatic carbocycles. The summed E-state index contributed by atoms with van der Waals surface area (Å²) in [6, 6.07) is 9.56. The third-order valence-corrected chi connectivity index (χ3v) is 2.34. The van der Waals surface area contributed by atoms with Crippen LogP contribution in [-0.4, -0.2) is 11.3 Å². The minimum Gasteiger partial charge on any atom is -0.365 e. The number of nitrogens with one attached hydrogen (secondary N) is 1. The van der Waals surface area contributed by atoms with Crippen LogP contribution in [-0.2, 0) is 6.54 Å². The van der Waals surface area contributed by atoms with Crippen molar-refractivity contribution in [2.24, 2.45) is 0 Å². The van der Waals surface area contributed by atoms with Crippen LogP contribution in [0.4, 0.5) is 10.2 Å². The van der Waals surface area contributed by atoms with Gasteiger partial charge in [-0.3, -0.25) is 4.79 Å². The first kappa shape index (κ1) is 11.3. The van der Waals surface area contributed by atoms with E-state index in [1.54, 1.807) is 30.5 Å². The predicted molar refractivity (Wildman–Crippen MR) is 63.4 cm³/mol. The molecule has 1 heterocycles. The van der Waals surface area contributed by atoms with Gasteiger partial charge in [0.2, 0.25) is 0 Å². The summed E-state index contributed by atoms with van der Waals surface area (Å²) in [4.78, 5) is 14.8. The van der Waals surface area contributed by atoms with E-state index >= 15 is 0 Å². The van der Waals surface area contributed by atoms with Crippen LogP contribution in [0, 0.1) is 5.82 Å². The van der Waals surface area contributed by atoms with Crippen LogP contribution < -0.4 is 5.32 Å². The van der Waals surface area contributed by atoms with Crippen molar-refractivity contribution in [2.75, 3.05) is 5.32 Å². The molecule has 0 atom stereocenters. The average Bonchev–Trinajstić information content (AvgIpc) is 2.38. The molecule has 0 bridgehead atoms. The van der Waals surface area contributed by atoms with E-state index in [0.29, 0.717) is 17.9 Å². The summed E-state index contributed by atoms with van der Waals surface area (Å²) in [5, 5.41) is 3.04. The molecule has 1 N–H and O–H groups in total. The number of anilines is 1. The van der Waals surface area contributed by atoms with Gasteiger partial charge in [0.15, 0.2) is 6.29 Å². The molecule has 1 aromatic heterocycles. The smallest absolute Gasteiger partial charge is 0.153 e. The van der Waals surface area contributed by atoms with Crippen LogP contribution in [0.2, 0.25) is 0 Å². The van der Waals surface area contributed by atoms with Crippen molar-refractivity contribution in [3.8, 4) is 0 Å². The average molecular weight is 230 g/mol. The number of hydrogen-bond donors (Lipinski definition) is 1. The van der Waals surface area contributed by atoms with Gasteiger partial charge in [-0.25, -0.2) is 9.37 Å². The predicted octanol–water partition coefficient (Wildman–Crippen LogP) is 2.65. The molecule has 0 fully saturated rings. The van der Waals surface area contributed by atoms with E-state index in [1.165, 1.54) is 12.1 Å². The van der Waals surface area contributed by atoms with Gasteiger partial charge in [-0.1, -0.05) is 12.1 Å². The van der Waals surface area contributed by atoms with Gasteiger partial charge in [0.05, 0.1) is 5.56 Å². The van der Waals surface area contributed by atoms with Crippen molar-refractivity contribution in [3.63, 3.8) is 0 Å². The summed E-state index contributed by atoms with van der Waals surface area (Å²) >= 11 is 0. The number of benzene rings is 1. The van der Waals surface area contributed by atoms with Gasteiger partial charge in [-0.05, 0) is 29.8 Å². The van der Waals surface area contributed by atoms with Gasteiger partial charge in [0.1, 0.15) is 11.6 Å². The first-order chi connectivity index (χ1) is 8.29. The lowest BCUT2D eigenvalue weighted by Crippen LogP contribution is -2.03. The van der Waals surface area contributed by atoms with E-state index in [2.05, 4.69) is 10.3 Å². The van der Waals surface area contributed by atoms with Gasteiger partial charge in [-0.2, -0.15) is 0 Å². The van der Waals surface area contributed by atoms with E-state index in [0.717, 1.165) is 11.8 Å². The molecule has 86 valence electrons. The third kappa shape index (κ3) is 2.87. The highest BCUT2D eigenvalue weighted by molar-refractivity contribution is 5.82. The molecule has 3 nitrogen and oxygen atoms in total. The Bertz CT molecular complexity index is 511. The monoisotopic (exact) mass is 230 g/mol. The maximum absolute atomic E-state index is 12.7. The standard InChI is InChI=1S/C13H11FN2O/c14-12-5-3-10(4-6-12)8-16-13-11(9-17)2-1-7-15-13/h1-7,9H,8H2,(H,15,16). The number of nitrogens with zero attached hydrogens (tertiary/aromatic N) is 1. The van der Waals surface area contributed by atoms with Gasteiger partial charge in [0.25, 0.3) is 0 Å². The number of halogens is 1. The molecular weight excluding hydrogens is 219 g/mol. The van der Waals surface area contributed by atoms with Crippen molar-refractivity contribution >= 4 is 12.1 Å². The van der Waals surface area contributed by atoms with Crippen molar-refractivity contribution in [1.82, 2.24) is 4.98 Å². The lowest BCUT2D eigenvalue weighted by molar-refractivity contribution is 0.112. The van der Waals surface area contributed by atoms with Crippen LogP contribution in [0.5, 0.6) is 0 Å². The zero-order valence-electron chi connectivity index (χ0n) is 9.06. The normalized spacial score (nSPS) is 9.94. The fourth-order valence-corrected chi connectivity index (χ4v) is 1.45. The first-order valence-electron chi connectivity index (χ1n) is 5.18. The molecule has 17 heavy (non-hydrogen) atoms. The molecule has 0 aliphatic carbocycles. The molecular formula is C13H11FN2O. The van der Waals surface area contributed by atoms with Gasteiger partial charge in [0, 0.05) is 12.7 Å². The highest BCUT2D eigenvalue weighted by atomic mass is 19.1. The van der Waals surface area contributed by atoms with E-state index in [4.69, 9.17) is 0 Å². The van der Waals surface area contributed by atoms with Crippen LogP contribution in [0.25, 0.3) is 0 Å². The second-order valence-corrected chi connectivity index (χ2v) is 3.54. The summed E-state index contributed by atoms with van der Waals surface area (Å²) in [6.45, 7) is 0.498. The number of aromatic nitrogens is 1. The molecule has 0 spiro atoms. The SMILES string of the molecule is O=Cc1cccnc1NCc1ccc(F)cc1. The Morgan fingerprint density at radius 1 is 1.24 bits per heavy atom. The molecule has 0 aliphatic rings. The van der Waals surface area contributed by atoms with Crippen LogP contribution in [0.1, 0.15) is 15.9 Å². The van der Waals surface area contributed by atoms with Gasteiger partial charge < -0.3 is 5.32 Å². The molecule has 0 amide bonds. The van der Waals surface area contributed by atoms with Gasteiger partial charge in [-0.15, -0.1) is 0 Å². The van der Waals surface area contributed by atoms with Crippen molar-refractivity contribution in [3.05, 3.63) is 59.5 Å². The number of pyridine rings is 1. The second kappa shape index (κ2) is 5.21. The minimum absolute atomic E-state index is 0.264. The molecule has 2 rings (SSSR count). The summed E-state index contributed by atoms with van der Waals surface area (Å²) in [7, 11) is 0. The van der Waals surface area contributed by atoms with E-state index < -0.39 is 0 Å². The molecule has 0 saturated heterocycles. The quantitative estimate of drug-likeness (QED) is 0.821. The molecule has 4 heteroatoms. The number of hydrogen-bond acceptors (Lipinski definition) is 3. The Hall–Kier alpha value is -2.23. The van der Waals surface area contributed by atoms with Crippen molar-refractivity contribution < 1.29 is 9.18 Å². The molecule has 0 saturated carbocycles. The maximum atomic E-state index is 12.7. The minimum atomic E-state index is -0.264. The first-order valence-corrected chi connectivity index (χ1v) is 5.18. The van der Waals surface area contributed by atoms with Crippen molar-refractivity contribution in [2.45, 2.75) is 6.54 Å². The Morgan fingerprint density at radius 2 is 2.00 bits per heavy atom. The Balaban J connectivity index is 2.07. The number of carbonyl (C=O) groups excluding carboxylic acids is 1. The van der Waals surface area contributed by atoms with E-state index in [1.807, 2.05) is 0 Å². The summed E-state index contributed by atoms with van der Waals surface area (Å²) in [6.07, 6.45) is 2.36. The zero-order chi connectivity index (χ0) is 12.1. The Labute approximate surface area is 98.3 Å². The molecule has 0 unspecified atom stereocenters. The van der Waals surface area contributed by atoms with E-state index in [9.17, 15) is 9.18 Å². The Kier molecular flexibility index (Phi) is 3.45. The van der Waals surface area contributed by atoms with Gasteiger partial charge >= 0.3 is 0 Å². The summed E-state index contributed by atoms with van der Waals surface area (Å²) in [5.41, 5.74) is 1.43. The number of carbonyl (C=O) groups is 1. The lowest BCUT2D eigenvalue weighted by Gasteiger charge is -2.07.